The molecule has 7 heteroatoms. The predicted octanol–water partition coefficient (Wildman–Crippen LogP) is 3.71. The molecular formula is C20H26FN5O. The standard InChI is InChI=1S/C20H26FN5O/c1-13(2)18-14(3)22-15(4)23-19(18)25-9-11-26(12-10-25)20(27)24-17-8-6-5-7-16(17)21/h5-8,13H,9-12H2,1-4H3,(H,24,27). The second-order valence-electron chi connectivity index (χ2n) is 7.13. The van der Waals surface area contributed by atoms with Gasteiger partial charge in [-0.1, -0.05) is 26.0 Å². The molecule has 0 saturated carbocycles. The number of hydrogen-bond donors (Lipinski definition) is 1. The summed E-state index contributed by atoms with van der Waals surface area (Å²) in [6.07, 6.45) is 0. The third kappa shape index (κ3) is 4.18. The summed E-state index contributed by atoms with van der Waals surface area (Å²) in [6, 6.07) is 5.91. The van der Waals surface area contributed by atoms with Crippen molar-refractivity contribution in [2.45, 2.75) is 33.6 Å². The van der Waals surface area contributed by atoms with Crippen LogP contribution in [-0.4, -0.2) is 47.1 Å². The Morgan fingerprint density at radius 1 is 1.11 bits per heavy atom. The molecule has 2 amide bonds. The number of nitrogens with one attached hydrogen (secondary N) is 1. The van der Waals surface area contributed by atoms with Crippen molar-refractivity contribution in [1.82, 2.24) is 14.9 Å². The predicted molar refractivity (Wildman–Crippen MR) is 105 cm³/mol. The number of nitrogens with zero attached hydrogens (tertiary/aromatic N) is 4. The molecule has 0 unspecified atom stereocenters. The monoisotopic (exact) mass is 371 g/mol. The second-order valence-corrected chi connectivity index (χ2v) is 7.13. The van der Waals surface area contributed by atoms with Crippen molar-refractivity contribution in [3.8, 4) is 0 Å². The Morgan fingerprint density at radius 2 is 1.78 bits per heavy atom. The molecule has 6 nitrogen and oxygen atoms in total. The zero-order valence-electron chi connectivity index (χ0n) is 16.3. The van der Waals surface area contributed by atoms with Gasteiger partial charge in [0.15, 0.2) is 0 Å². The van der Waals surface area contributed by atoms with E-state index in [2.05, 4.69) is 34.0 Å². The van der Waals surface area contributed by atoms with Gasteiger partial charge in [-0.15, -0.1) is 0 Å². The molecule has 0 atom stereocenters. The van der Waals surface area contributed by atoms with Crippen LogP contribution in [0.2, 0.25) is 0 Å². The summed E-state index contributed by atoms with van der Waals surface area (Å²) in [4.78, 5) is 25.5. The maximum Gasteiger partial charge on any atom is 0.322 e. The lowest BCUT2D eigenvalue weighted by Crippen LogP contribution is -2.50. The number of aromatic nitrogens is 2. The summed E-state index contributed by atoms with van der Waals surface area (Å²) >= 11 is 0. The molecular weight excluding hydrogens is 345 g/mol. The molecule has 1 aromatic heterocycles. The van der Waals surface area contributed by atoms with E-state index in [4.69, 9.17) is 0 Å². The molecule has 3 rings (SSSR count). The minimum Gasteiger partial charge on any atom is -0.353 e. The van der Waals surface area contributed by atoms with Crippen LogP contribution < -0.4 is 10.2 Å². The van der Waals surface area contributed by atoms with Gasteiger partial charge in [0.05, 0.1) is 5.69 Å². The van der Waals surface area contributed by atoms with Crippen LogP contribution in [0.15, 0.2) is 24.3 Å². The summed E-state index contributed by atoms with van der Waals surface area (Å²) in [5, 5.41) is 2.65. The molecule has 1 fully saturated rings. The van der Waals surface area contributed by atoms with Gasteiger partial charge < -0.3 is 15.1 Å². The van der Waals surface area contributed by atoms with Crippen molar-refractivity contribution < 1.29 is 9.18 Å². The minimum absolute atomic E-state index is 0.203. The molecule has 1 saturated heterocycles. The number of amides is 2. The van der Waals surface area contributed by atoms with Crippen molar-refractivity contribution in [2.75, 3.05) is 36.4 Å². The van der Waals surface area contributed by atoms with E-state index >= 15 is 0 Å². The third-order valence-corrected chi connectivity index (χ3v) is 4.79. The van der Waals surface area contributed by atoms with Gasteiger partial charge >= 0.3 is 6.03 Å². The number of aryl methyl sites for hydroxylation is 2. The van der Waals surface area contributed by atoms with Gasteiger partial charge in [0.25, 0.3) is 0 Å². The van der Waals surface area contributed by atoms with Crippen LogP contribution >= 0.6 is 0 Å². The number of anilines is 2. The lowest BCUT2D eigenvalue weighted by atomic mass is 10.0. The molecule has 1 aromatic carbocycles. The largest absolute Gasteiger partial charge is 0.353 e. The number of piperazine rings is 1. The summed E-state index contributed by atoms with van der Waals surface area (Å²) in [5.74, 6) is 1.61. The summed E-state index contributed by atoms with van der Waals surface area (Å²) < 4.78 is 13.7. The fourth-order valence-corrected chi connectivity index (χ4v) is 3.50. The molecule has 144 valence electrons. The molecule has 0 bridgehead atoms. The van der Waals surface area contributed by atoms with Gasteiger partial charge in [0.2, 0.25) is 0 Å². The molecule has 0 radical (unpaired) electrons. The van der Waals surface area contributed by atoms with E-state index in [9.17, 15) is 9.18 Å². The number of rotatable bonds is 3. The van der Waals surface area contributed by atoms with Gasteiger partial charge in [0.1, 0.15) is 17.5 Å². The van der Waals surface area contributed by atoms with Crippen LogP contribution in [0.1, 0.15) is 36.8 Å². The first-order chi connectivity index (χ1) is 12.9. The van der Waals surface area contributed by atoms with Gasteiger partial charge in [-0.05, 0) is 31.9 Å². The zero-order chi connectivity index (χ0) is 19.6. The first kappa shape index (κ1) is 19.1. The molecule has 2 heterocycles. The average Bonchev–Trinajstić information content (AvgIpc) is 2.62. The van der Waals surface area contributed by atoms with E-state index in [-0.39, 0.29) is 11.7 Å². The van der Waals surface area contributed by atoms with Crippen LogP contribution in [0, 0.1) is 19.7 Å². The Kier molecular flexibility index (Phi) is 5.58. The number of urea groups is 1. The van der Waals surface area contributed by atoms with E-state index in [1.165, 1.54) is 6.07 Å². The van der Waals surface area contributed by atoms with E-state index < -0.39 is 5.82 Å². The van der Waals surface area contributed by atoms with Crippen molar-refractivity contribution in [3.05, 3.63) is 47.2 Å². The first-order valence-electron chi connectivity index (χ1n) is 9.27. The highest BCUT2D eigenvalue weighted by molar-refractivity contribution is 5.89. The lowest BCUT2D eigenvalue weighted by Gasteiger charge is -2.36. The van der Waals surface area contributed by atoms with E-state index in [0.717, 1.165) is 22.9 Å². The van der Waals surface area contributed by atoms with Gasteiger partial charge in [0, 0.05) is 37.4 Å². The zero-order valence-corrected chi connectivity index (χ0v) is 16.3. The Bertz CT molecular complexity index is 831. The van der Waals surface area contributed by atoms with Gasteiger partial charge in [-0.2, -0.15) is 0 Å². The van der Waals surface area contributed by atoms with Gasteiger partial charge in [-0.3, -0.25) is 0 Å². The summed E-state index contributed by atoms with van der Waals surface area (Å²) in [5.41, 5.74) is 2.37. The molecule has 1 N–H and O–H groups in total. The second kappa shape index (κ2) is 7.90. The quantitative estimate of drug-likeness (QED) is 0.893. The van der Waals surface area contributed by atoms with Crippen LogP contribution in [0.3, 0.4) is 0 Å². The smallest absolute Gasteiger partial charge is 0.322 e. The Morgan fingerprint density at radius 3 is 2.41 bits per heavy atom. The molecule has 0 aliphatic carbocycles. The number of benzene rings is 1. The molecule has 1 aliphatic heterocycles. The fourth-order valence-electron chi connectivity index (χ4n) is 3.50. The summed E-state index contributed by atoms with van der Waals surface area (Å²) in [6.45, 7) is 10.7. The average molecular weight is 371 g/mol. The normalized spacial score (nSPS) is 14.6. The number of carbonyl (C=O) groups excluding carboxylic acids is 1. The SMILES string of the molecule is Cc1nc(C)c(C(C)C)c(N2CCN(C(=O)Nc3ccccc3F)CC2)n1. The van der Waals surface area contributed by atoms with E-state index in [1.54, 1.807) is 23.1 Å². The Hall–Kier alpha value is -2.70. The molecule has 1 aliphatic rings. The third-order valence-electron chi connectivity index (χ3n) is 4.79. The highest BCUT2D eigenvalue weighted by atomic mass is 19.1. The summed E-state index contributed by atoms with van der Waals surface area (Å²) in [7, 11) is 0. The van der Waals surface area contributed by atoms with Crippen LogP contribution in [0.4, 0.5) is 20.7 Å². The lowest BCUT2D eigenvalue weighted by molar-refractivity contribution is 0.208. The fraction of sp³-hybridized carbons (Fsp3) is 0.450. The van der Waals surface area contributed by atoms with Crippen LogP contribution in [0.5, 0.6) is 0 Å². The number of hydrogen-bond acceptors (Lipinski definition) is 4. The molecule has 27 heavy (non-hydrogen) atoms. The Labute approximate surface area is 159 Å². The first-order valence-corrected chi connectivity index (χ1v) is 9.27. The van der Waals surface area contributed by atoms with Crippen molar-refractivity contribution in [3.63, 3.8) is 0 Å². The highest BCUT2D eigenvalue weighted by Gasteiger charge is 2.25. The minimum atomic E-state index is -0.432. The Balaban J connectivity index is 1.69. The van der Waals surface area contributed by atoms with Crippen LogP contribution in [0.25, 0.3) is 0 Å². The number of halogens is 1. The topological polar surface area (TPSA) is 61.4 Å². The number of carbonyl (C=O) groups is 1. The van der Waals surface area contributed by atoms with Gasteiger partial charge in [-0.25, -0.2) is 19.2 Å². The van der Waals surface area contributed by atoms with Crippen LogP contribution in [-0.2, 0) is 0 Å². The van der Waals surface area contributed by atoms with Crippen molar-refractivity contribution >= 4 is 17.5 Å². The van der Waals surface area contributed by atoms with Crippen molar-refractivity contribution in [1.29, 1.82) is 0 Å². The molecule has 2 aromatic rings. The van der Waals surface area contributed by atoms with E-state index in [0.29, 0.717) is 32.1 Å². The maximum atomic E-state index is 13.7. The van der Waals surface area contributed by atoms with E-state index in [1.807, 2.05) is 13.8 Å². The molecule has 0 spiro atoms. The number of para-hydroxylation sites is 1. The van der Waals surface area contributed by atoms with Crippen molar-refractivity contribution in [2.24, 2.45) is 0 Å². The highest BCUT2D eigenvalue weighted by Crippen LogP contribution is 2.29. The maximum absolute atomic E-state index is 13.7.